The summed E-state index contributed by atoms with van der Waals surface area (Å²) >= 11 is 0. The lowest BCUT2D eigenvalue weighted by molar-refractivity contribution is -0.142. The van der Waals surface area contributed by atoms with E-state index in [1.165, 1.54) is 13.4 Å². The number of carbonyl (C=O) groups is 1. The molecule has 0 radical (unpaired) electrons. The number of nitrogens with one attached hydrogen (secondary N) is 1. The van der Waals surface area contributed by atoms with Gasteiger partial charge in [-0.25, -0.2) is 9.78 Å². The number of anilines is 2. The summed E-state index contributed by atoms with van der Waals surface area (Å²) in [4.78, 5) is 31.4. The number of nitrogens with zero attached hydrogens (tertiary/aromatic N) is 2. The Balaban J connectivity index is 2.37. The predicted octanol–water partition coefficient (Wildman–Crippen LogP) is -0.116. The molecule has 1 aliphatic rings. The van der Waals surface area contributed by atoms with Gasteiger partial charge in [0.05, 0.1) is 13.4 Å². The van der Waals surface area contributed by atoms with Crippen LogP contribution in [-0.4, -0.2) is 35.6 Å². The van der Waals surface area contributed by atoms with Crippen molar-refractivity contribution in [2.75, 3.05) is 24.3 Å². The van der Waals surface area contributed by atoms with Crippen molar-refractivity contribution in [1.29, 1.82) is 0 Å². The van der Waals surface area contributed by atoms with Gasteiger partial charge in [-0.05, 0) is 19.3 Å². The van der Waals surface area contributed by atoms with Gasteiger partial charge < -0.3 is 20.4 Å². The minimum atomic E-state index is -0.416. The number of carbonyl (C=O) groups excluding carboxylic acids is 1. The van der Waals surface area contributed by atoms with E-state index < -0.39 is 11.6 Å². The molecule has 0 amide bonds. The first-order chi connectivity index (χ1) is 8.65. The zero-order chi connectivity index (χ0) is 13.1. The standard InChI is InChI=1S/C11H16N4O3/c1-18-11(17)7-4-2-3-5-15(7)9-8(12)10(16)14-6-13-9/h6-7H,2-5,12H2,1H3,(H,13,14,16). The van der Waals surface area contributed by atoms with Gasteiger partial charge in [0.25, 0.3) is 5.56 Å². The average Bonchev–Trinajstić information content (AvgIpc) is 2.41. The van der Waals surface area contributed by atoms with E-state index in [-0.39, 0.29) is 11.7 Å². The lowest BCUT2D eigenvalue weighted by Crippen LogP contribution is -2.46. The number of nitrogen functional groups attached to an aromatic ring is 1. The van der Waals surface area contributed by atoms with Crippen molar-refractivity contribution in [2.24, 2.45) is 0 Å². The second-order valence-electron chi connectivity index (χ2n) is 4.20. The molecular formula is C11H16N4O3. The molecule has 7 nitrogen and oxygen atoms in total. The maximum Gasteiger partial charge on any atom is 0.328 e. The van der Waals surface area contributed by atoms with E-state index in [0.29, 0.717) is 18.8 Å². The Morgan fingerprint density at radius 1 is 1.61 bits per heavy atom. The van der Waals surface area contributed by atoms with E-state index in [9.17, 15) is 9.59 Å². The highest BCUT2D eigenvalue weighted by Gasteiger charge is 2.31. The SMILES string of the molecule is COC(=O)C1CCCCN1c1nc[nH]c(=O)c1N. The van der Waals surface area contributed by atoms with E-state index in [0.717, 1.165) is 12.8 Å². The van der Waals surface area contributed by atoms with Crippen LogP contribution in [0.4, 0.5) is 11.5 Å². The van der Waals surface area contributed by atoms with Crippen LogP contribution < -0.4 is 16.2 Å². The molecule has 1 unspecified atom stereocenters. The Hall–Kier alpha value is -2.05. The number of esters is 1. The Morgan fingerprint density at radius 2 is 2.39 bits per heavy atom. The summed E-state index contributed by atoms with van der Waals surface area (Å²) in [6.45, 7) is 0.639. The molecule has 3 N–H and O–H groups in total. The lowest BCUT2D eigenvalue weighted by Gasteiger charge is -2.34. The molecule has 1 atom stereocenters. The molecule has 18 heavy (non-hydrogen) atoms. The predicted molar refractivity (Wildman–Crippen MR) is 66.3 cm³/mol. The smallest absolute Gasteiger partial charge is 0.328 e. The number of hydrogen-bond acceptors (Lipinski definition) is 6. The number of methoxy groups -OCH3 is 1. The maximum atomic E-state index is 11.7. The number of piperidine rings is 1. The van der Waals surface area contributed by atoms with Gasteiger partial charge in [0, 0.05) is 6.54 Å². The van der Waals surface area contributed by atoms with Crippen LogP contribution in [0, 0.1) is 0 Å². The minimum absolute atomic E-state index is 0.0355. The van der Waals surface area contributed by atoms with E-state index in [1.54, 1.807) is 4.90 Å². The van der Waals surface area contributed by atoms with Crippen LogP contribution in [0.5, 0.6) is 0 Å². The highest BCUT2D eigenvalue weighted by Crippen LogP contribution is 2.25. The molecule has 0 saturated carbocycles. The van der Waals surface area contributed by atoms with Gasteiger partial charge in [-0.2, -0.15) is 0 Å². The van der Waals surface area contributed by atoms with Crippen molar-refractivity contribution in [3.05, 3.63) is 16.7 Å². The van der Waals surface area contributed by atoms with Gasteiger partial charge in [0.2, 0.25) is 0 Å². The summed E-state index contributed by atoms with van der Waals surface area (Å²) in [7, 11) is 1.35. The van der Waals surface area contributed by atoms with E-state index in [2.05, 4.69) is 9.97 Å². The molecule has 1 aromatic rings. The van der Waals surface area contributed by atoms with Crippen molar-refractivity contribution < 1.29 is 9.53 Å². The molecule has 0 aliphatic carbocycles. The Morgan fingerprint density at radius 3 is 3.11 bits per heavy atom. The average molecular weight is 252 g/mol. The van der Waals surface area contributed by atoms with Crippen molar-refractivity contribution in [2.45, 2.75) is 25.3 Å². The summed E-state index contributed by atoms with van der Waals surface area (Å²) in [5.74, 6) is 0.0324. The fourth-order valence-corrected chi connectivity index (χ4v) is 2.20. The molecule has 7 heteroatoms. The molecule has 1 fully saturated rings. The Bertz CT molecular complexity index is 499. The fourth-order valence-electron chi connectivity index (χ4n) is 2.20. The van der Waals surface area contributed by atoms with Gasteiger partial charge in [-0.15, -0.1) is 0 Å². The van der Waals surface area contributed by atoms with E-state index in [1.807, 2.05) is 0 Å². The van der Waals surface area contributed by atoms with Crippen molar-refractivity contribution in [3.8, 4) is 0 Å². The van der Waals surface area contributed by atoms with Crippen LogP contribution in [0.2, 0.25) is 0 Å². The normalized spacial score (nSPS) is 19.6. The Labute approximate surface area is 104 Å². The molecule has 2 heterocycles. The van der Waals surface area contributed by atoms with Gasteiger partial charge in [0.1, 0.15) is 11.7 Å². The van der Waals surface area contributed by atoms with Crippen molar-refractivity contribution in [3.63, 3.8) is 0 Å². The molecule has 0 spiro atoms. The van der Waals surface area contributed by atoms with Crippen LogP contribution in [0.1, 0.15) is 19.3 Å². The van der Waals surface area contributed by atoms with Crippen LogP contribution >= 0.6 is 0 Å². The molecular weight excluding hydrogens is 236 g/mol. The molecule has 0 bridgehead atoms. The van der Waals surface area contributed by atoms with Crippen molar-refractivity contribution in [1.82, 2.24) is 9.97 Å². The largest absolute Gasteiger partial charge is 0.467 e. The maximum absolute atomic E-state index is 11.7. The molecule has 1 saturated heterocycles. The number of rotatable bonds is 2. The van der Waals surface area contributed by atoms with E-state index in [4.69, 9.17) is 10.5 Å². The first-order valence-electron chi connectivity index (χ1n) is 5.82. The third-order valence-corrected chi connectivity index (χ3v) is 3.12. The number of H-pyrrole nitrogens is 1. The van der Waals surface area contributed by atoms with Crippen molar-refractivity contribution >= 4 is 17.5 Å². The number of hydrogen-bond donors (Lipinski definition) is 2. The molecule has 98 valence electrons. The Kier molecular flexibility index (Phi) is 3.50. The third kappa shape index (κ3) is 2.15. The summed E-state index contributed by atoms with van der Waals surface area (Å²) in [5, 5.41) is 0. The first-order valence-corrected chi connectivity index (χ1v) is 5.82. The van der Waals surface area contributed by atoms with Gasteiger partial charge in [-0.3, -0.25) is 4.79 Å². The number of nitrogens with two attached hydrogens (primary N) is 1. The van der Waals surface area contributed by atoms with Gasteiger partial charge >= 0.3 is 5.97 Å². The summed E-state index contributed by atoms with van der Waals surface area (Å²) in [5.41, 5.74) is 5.36. The zero-order valence-electron chi connectivity index (χ0n) is 10.2. The number of ether oxygens (including phenoxy) is 1. The van der Waals surface area contributed by atoms with Crippen LogP contribution in [0.25, 0.3) is 0 Å². The second kappa shape index (κ2) is 5.07. The summed E-state index contributed by atoms with van der Waals surface area (Å²) in [6.07, 6.45) is 3.85. The quantitative estimate of drug-likeness (QED) is 0.712. The molecule has 0 aromatic carbocycles. The lowest BCUT2D eigenvalue weighted by atomic mass is 10.0. The zero-order valence-corrected chi connectivity index (χ0v) is 10.2. The molecule has 1 aromatic heterocycles. The van der Waals surface area contributed by atoms with Crippen LogP contribution in [-0.2, 0) is 9.53 Å². The monoisotopic (exact) mass is 252 g/mol. The summed E-state index contributed by atoms with van der Waals surface area (Å²) in [6, 6.07) is -0.416. The number of aromatic amines is 1. The minimum Gasteiger partial charge on any atom is -0.467 e. The fraction of sp³-hybridized carbons (Fsp3) is 0.545. The summed E-state index contributed by atoms with van der Waals surface area (Å²) < 4.78 is 4.78. The van der Waals surface area contributed by atoms with Crippen LogP contribution in [0.3, 0.4) is 0 Å². The van der Waals surface area contributed by atoms with E-state index >= 15 is 0 Å². The highest BCUT2D eigenvalue weighted by molar-refractivity contribution is 5.81. The molecule has 1 aliphatic heterocycles. The van der Waals surface area contributed by atoms with Gasteiger partial charge in [-0.1, -0.05) is 0 Å². The topological polar surface area (TPSA) is 101 Å². The number of aromatic nitrogens is 2. The second-order valence-corrected chi connectivity index (χ2v) is 4.20. The van der Waals surface area contributed by atoms with Crippen LogP contribution in [0.15, 0.2) is 11.1 Å². The molecule has 2 rings (SSSR count). The highest BCUT2D eigenvalue weighted by atomic mass is 16.5. The third-order valence-electron chi connectivity index (χ3n) is 3.12. The first kappa shape index (κ1) is 12.4. The van der Waals surface area contributed by atoms with Gasteiger partial charge in [0.15, 0.2) is 5.82 Å².